The Morgan fingerprint density at radius 3 is 2.62 bits per heavy atom. The minimum absolute atomic E-state index is 1.04. The number of hydrogen-bond acceptors (Lipinski definition) is 1. The van der Waals surface area contributed by atoms with Crippen LogP contribution in [0.15, 0.2) is 28.9 Å². The van der Waals surface area contributed by atoms with Gasteiger partial charge in [-0.05, 0) is 47.0 Å². The average Bonchev–Trinajstić information content (AvgIpc) is 2.12. The lowest BCUT2D eigenvalue weighted by Gasteiger charge is -2.04. The summed E-state index contributed by atoms with van der Waals surface area (Å²) in [7, 11) is 0. The maximum atomic E-state index is 4.39. The molecule has 0 spiro atoms. The number of aromatic nitrogens is 1. The van der Waals surface area contributed by atoms with Gasteiger partial charge in [0.15, 0.2) is 0 Å². The lowest BCUT2D eigenvalue weighted by atomic mass is 10.1. The first-order valence-electron chi connectivity index (χ1n) is 4.20. The molecule has 1 aromatic heterocycles. The largest absolute Gasteiger partial charge is 0.255 e. The summed E-state index contributed by atoms with van der Waals surface area (Å²) in [6.45, 7) is 4.19. The van der Waals surface area contributed by atoms with Crippen LogP contribution in [-0.2, 0) is 0 Å². The van der Waals surface area contributed by atoms with E-state index in [0.29, 0.717) is 0 Å². The molecule has 2 aromatic rings. The van der Waals surface area contributed by atoms with Crippen molar-refractivity contribution in [1.29, 1.82) is 0 Å². The Morgan fingerprint density at radius 2 is 1.85 bits per heavy atom. The van der Waals surface area contributed by atoms with Gasteiger partial charge in [-0.1, -0.05) is 12.1 Å². The highest BCUT2D eigenvalue weighted by Gasteiger charge is 2.01. The highest BCUT2D eigenvalue weighted by molar-refractivity contribution is 9.10. The third-order valence-electron chi connectivity index (χ3n) is 2.24. The van der Waals surface area contributed by atoms with Crippen molar-refractivity contribution in [3.8, 4) is 0 Å². The van der Waals surface area contributed by atoms with E-state index in [1.54, 1.807) is 0 Å². The van der Waals surface area contributed by atoms with Gasteiger partial charge in [-0.3, -0.25) is 4.98 Å². The summed E-state index contributed by atoms with van der Waals surface area (Å²) < 4.78 is 1.04. The summed E-state index contributed by atoms with van der Waals surface area (Å²) in [5.74, 6) is 0. The summed E-state index contributed by atoms with van der Waals surface area (Å²) in [5, 5.41) is 1.23. The monoisotopic (exact) mass is 235 g/mol. The van der Waals surface area contributed by atoms with Gasteiger partial charge in [-0.2, -0.15) is 0 Å². The van der Waals surface area contributed by atoms with Crippen LogP contribution in [-0.4, -0.2) is 4.98 Å². The molecule has 0 amide bonds. The quantitative estimate of drug-likeness (QED) is 0.680. The number of aryl methyl sites for hydroxylation is 2. The molecule has 1 heterocycles. The van der Waals surface area contributed by atoms with Crippen LogP contribution in [0.5, 0.6) is 0 Å². The van der Waals surface area contributed by atoms with Gasteiger partial charge in [-0.25, -0.2) is 0 Å². The number of hydrogen-bond donors (Lipinski definition) is 0. The zero-order valence-corrected chi connectivity index (χ0v) is 9.22. The predicted octanol–water partition coefficient (Wildman–Crippen LogP) is 3.61. The van der Waals surface area contributed by atoms with E-state index in [2.05, 4.69) is 53.0 Å². The third kappa shape index (κ3) is 1.46. The van der Waals surface area contributed by atoms with Gasteiger partial charge in [0, 0.05) is 16.1 Å². The summed E-state index contributed by atoms with van der Waals surface area (Å²) in [4.78, 5) is 4.39. The van der Waals surface area contributed by atoms with Crippen LogP contribution in [0.3, 0.4) is 0 Å². The van der Waals surface area contributed by atoms with Crippen molar-refractivity contribution in [2.24, 2.45) is 0 Å². The van der Waals surface area contributed by atoms with Gasteiger partial charge in [0.2, 0.25) is 0 Å². The minimum Gasteiger partial charge on any atom is -0.255 e. The van der Waals surface area contributed by atoms with Crippen molar-refractivity contribution in [3.63, 3.8) is 0 Å². The molecule has 66 valence electrons. The molecule has 0 aliphatic rings. The van der Waals surface area contributed by atoms with Gasteiger partial charge in [0.05, 0.1) is 5.52 Å². The maximum absolute atomic E-state index is 4.39. The molecule has 0 aliphatic carbocycles. The Kier molecular flexibility index (Phi) is 2.08. The fraction of sp³-hybridized carbons (Fsp3) is 0.182. The Balaban J connectivity index is 2.92. The summed E-state index contributed by atoms with van der Waals surface area (Å²) in [6.07, 6.45) is 1.84. The van der Waals surface area contributed by atoms with Crippen molar-refractivity contribution in [1.82, 2.24) is 4.98 Å². The lowest BCUT2D eigenvalue weighted by Crippen LogP contribution is -1.86. The normalized spacial score (nSPS) is 10.7. The topological polar surface area (TPSA) is 12.9 Å². The molecular formula is C11H10BrN. The molecule has 2 rings (SSSR count). The number of nitrogens with zero attached hydrogens (tertiary/aromatic N) is 1. The highest BCUT2D eigenvalue weighted by atomic mass is 79.9. The standard InChI is InChI=1S/C11H10BrN/c1-7-3-4-8(2)11-10(7)5-9(12)6-13-11/h3-6H,1-2H3. The van der Waals surface area contributed by atoms with Crippen LogP contribution in [0, 0.1) is 13.8 Å². The van der Waals surface area contributed by atoms with Crippen LogP contribution in [0.1, 0.15) is 11.1 Å². The number of rotatable bonds is 0. The van der Waals surface area contributed by atoms with E-state index in [-0.39, 0.29) is 0 Å². The first kappa shape index (κ1) is 8.70. The molecule has 0 bridgehead atoms. The second-order valence-corrected chi connectivity index (χ2v) is 4.16. The number of pyridine rings is 1. The molecule has 0 saturated heterocycles. The van der Waals surface area contributed by atoms with Gasteiger partial charge in [0.1, 0.15) is 0 Å². The van der Waals surface area contributed by atoms with Gasteiger partial charge in [0.25, 0.3) is 0 Å². The Labute approximate surface area is 85.9 Å². The van der Waals surface area contributed by atoms with Crippen LogP contribution in [0.25, 0.3) is 10.9 Å². The first-order valence-corrected chi connectivity index (χ1v) is 4.99. The molecule has 0 aliphatic heterocycles. The molecule has 0 atom stereocenters. The number of halogens is 1. The number of fused-ring (bicyclic) bond motifs is 1. The van der Waals surface area contributed by atoms with E-state index in [1.807, 2.05) is 6.20 Å². The van der Waals surface area contributed by atoms with Gasteiger partial charge < -0.3 is 0 Å². The highest BCUT2D eigenvalue weighted by Crippen LogP contribution is 2.22. The summed E-state index contributed by atoms with van der Waals surface area (Å²) in [6, 6.07) is 6.36. The van der Waals surface area contributed by atoms with E-state index in [0.717, 1.165) is 9.99 Å². The molecule has 0 saturated carbocycles. The van der Waals surface area contributed by atoms with E-state index in [1.165, 1.54) is 16.5 Å². The molecule has 0 N–H and O–H groups in total. The van der Waals surface area contributed by atoms with Crippen molar-refractivity contribution in [2.45, 2.75) is 13.8 Å². The summed E-state index contributed by atoms with van der Waals surface area (Å²) >= 11 is 3.43. The van der Waals surface area contributed by atoms with Crippen LogP contribution < -0.4 is 0 Å². The second kappa shape index (κ2) is 3.11. The SMILES string of the molecule is Cc1ccc(C)c2ncc(Br)cc12. The van der Waals surface area contributed by atoms with Crippen LogP contribution in [0.2, 0.25) is 0 Å². The average molecular weight is 236 g/mol. The maximum Gasteiger partial charge on any atom is 0.0734 e. The van der Waals surface area contributed by atoms with Gasteiger partial charge >= 0.3 is 0 Å². The lowest BCUT2D eigenvalue weighted by molar-refractivity contribution is 1.33. The Bertz CT molecular complexity index is 463. The van der Waals surface area contributed by atoms with Crippen molar-refractivity contribution < 1.29 is 0 Å². The predicted molar refractivity (Wildman–Crippen MR) is 58.9 cm³/mol. The fourth-order valence-corrected chi connectivity index (χ4v) is 1.80. The van der Waals surface area contributed by atoms with E-state index in [9.17, 15) is 0 Å². The second-order valence-electron chi connectivity index (χ2n) is 3.25. The van der Waals surface area contributed by atoms with Crippen LogP contribution >= 0.6 is 15.9 Å². The van der Waals surface area contributed by atoms with Crippen molar-refractivity contribution >= 4 is 26.8 Å². The molecule has 0 unspecified atom stereocenters. The zero-order chi connectivity index (χ0) is 9.42. The van der Waals surface area contributed by atoms with E-state index >= 15 is 0 Å². The number of benzene rings is 1. The fourth-order valence-electron chi connectivity index (χ4n) is 1.47. The Hall–Kier alpha value is -0.890. The van der Waals surface area contributed by atoms with Gasteiger partial charge in [-0.15, -0.1) is 0 Å². The van der Waals surface area contributed by atoms with Crippen molar-refractivity contribution in [3.05, 3.63) is 40.0 Å². The Morgan fingerprint density at radius 1 is 1.15 bits per heavy atom. The smallest absolute Gasteiger partial charge is 0.0734 e. The van der Waals surface area contributed by atoms with Crippen LogP contribution in [0.4, 0.5) is 0 Å². The molecule has 2 heteroatoms. The molecule has 0 fully saturated rings. The molecule has 1 nitrogen and oxygen atoms in total. The zero-order valence-electron chi connectivity index (χ0n) is 7.63. The molecule has 1 aromatic carbocycles. The third-order valence-corrected chi connectivity index (χ3v) is 2.67. The minimum atomic E-state index is 1.04. The van der Waals surface area contributed by atoms with E-state index < -0.39 is 0 Å². The molecule has 13 heavy (non-hydrogen) atoms. The first-order chi connectivity index (χ1) is 6.18. The molecule has 0 radical (unpaired) electrons. The molecular weight excluding hydrogens is 226 g/mol. The van der Waals surface area contributed by atoms with E-state index in [4.69, 9.17) is 0 Å². The summed E-state index contributed by atoms with van der Waals surface area (Å²) in [5.41, 5.74) is 3.60. The van der Waals surface area contributed by atoms with Crippen molar-refractivity contribution in [2.75, 3.05) is 0 Å².